The third-order valence-corrected chi connectivity index (χ3v) is 3.30. The summed E-state index contributed by atoms with van der Waals surface area (Å²) in [5, 5.41) is 0. The molecule has 0 aliphatic heterocycles. The minimum atomic E-state index is -0.01000. The van der Waals surface area contributed by atoms with E-state index in [4.69, 9.17) is 4.74 Å². The second-order valence-corrected chi connectivity index (χ2v) is 4.85. The Hall–Kier alpha value is -1.05. The van der Waals surface area contributed by atoms with Crippen molar-refractivity contribution in [1.82, 2.24) is 0 Å². The molecule has 0 spiro atoms. The smallest absolute Gasteiger partial charge is 0.293 e. The second-order valence-electron chi connectivity index (χ2n) is 4.85. The molecule has 0 aromatic carbocycles. The molecule has 0 saturated heterocycles. The first-order valence-corrected chi connectivity index (χ1v) is 5.99. The van der Waals surface area contributed by atoms with Crippen LogP contribution in [0.5, 0.6) is 0 Å². The van der Waals surface area contributed by atoms with Gasteiger partial charge in [-0.3, -0.25) is 4.79 Å². The molecule has 2 unspecified atom stereocenters. The molecule has 0 fully saturated rings. The average Bonchev–Trinajstić information content (AvgIpc) is 2.17. The van der Waals surface area contributed by atoms with E-state index in [1.807, 2.05) is 6.92 Å². The van der Waals surface area contributed by atoms with Crippen molar-refractivity contribution < 1.29 is 9.53 Å². The predicted octanol–water partition coefficient (Wildman–Crippen LogP) is 3.63. The molecule has 1 rings (SSSR count). The summed E-state index contributed by atoms with van der Waals surface area (Å²) in [4.78, 5) is 10.2. The summed E-state index contributed by atoms with van der Waals surface area (Å²) in [6, 6.07) is 0. The molecule has 0 heterocycles. The van der Waals surface area contributed by atoms with E-state index >= 15 is 0 Å². The predicted molar refractivity (Wildman–Crippen MR) is 66.1 cm³/mol. The van der Waals surface area contributed by atoms with E-state index in [1.165, 1.54) is 23.1 Å². The van der Waals surface area contributed by atoms with Crippen LogP contribution in [0.3, 0.4) is 0 Å². The Labute approximate surface area is 98.4 Å². The van der Waals surface area contributed by atoms with Crippen molar-refractivity contribution >= 4 is 6.47 Å². The fourth-order valence-corrected chi connectivity index (χ4v) is 2.48. The van der Waals surface area contributed by atoms with Gasteiger partial charge in [0.25, 0.3) is 6.47 Å². The zero-order valence-corrected chi connectivity index (χ0v) is 10.7. The molecule has 2 heteroatoms. The normalized spacial score (nSPS) is 25.8. The van der Waals surface area contributed by atoms with Gasteiger partial charge in [0.15, 0.2) is 0 Å². The number of carbonyl (C=O) groups excluding carboxylic acids is 1. The summed E-state index contributed by atoms with van der Waals surface area (Å²) in [5.41, 5.74) is 4.39. The van der Waals surface area contributed by atoms with Crippen molar-refractivity contribution in [2.75, 3.05) is 0 Å². The molecule has 2 atom stereocenters. The van der Waals surface area contributed by atoms with Gasteiger partial charge in [0.1, 0.15) is 6.10 Å². The number of allylic oxidation sites excluding steroid dienone is 3. The zero-order valence-electron chi connectivity index (χ0n) is 10.7. The lowest BCUT2D eigenvalue weighted by molar-refractivity contribution is -0.132. The molecule has 0 N–H and O–H groups in total. The molecule has 0 amide bonds. The van der Waals surface area contributed by atoms with E-state index in [0.29, 0.717) is 12.4 Å². The van der Waals surface area contributed by atoms with Crippen LogP contribution in [0.15, 0.2) is 22.8 Å². The summed E-state index contributed by atoms with van der Waals surface area (Å²) < 4.78 is 4.93. The summed E-state index contributed by atoms with van der Waals surface area (Å²) in [6.07, 6.45) is 5.51. The first kappa shape index (κ1) is 13.0. The highest BCUT2D eigenvalue weighted by atomic mass is 16.5. The van der Waals surface area contributed by atoms with E-state index in [0.717, 1.165) is 12.8 Å². The highest BCUT2D eigenvalue weighted by molar-refractivity contribution is 5.37. The van der Waals surface area contributed by atoms with Crippen LogP contribution in [0.1, 0.15) is 47.0 Å². The Kier molecular flexibility index (Phi) is 4.78. The Morgan fingerprint density at radius 3 is 2.88 bits per heavy atom. The van der Waals surface area contributed by atoms with Gasteiger partial charge in [0.2, 0.25) is 0 Å². The van der Waals surface area contributed by atoms with E-state index in [1.54, 1.807) is 0 Å². The lowest BCUT2D eigenvalue weighted by Gasteiger charge is -2.23. The van der Waals surface area contributed by atoms with Crippen LogP contribution in [0, 0.1) is 5.92 Å². The molecule has 2 nitrogen and oxygen atoms in total. The molecule has 0 aromatic rings. The Morgan fingerprint density at radius 2 is 2.31 bits per heavy atom. The topological polar surface area (TPSA) is 26.3 Å². The van der Waals surface area contributed by atoms with Gasteiger partial charge in [-0.2, -0.15) is 0 Å². The molecular weight excluding hydrogens is 200 g/mol. The SMILES string of the molecule is CC1=CC(C)/C(=C(\C)CC(C)OC=O)CC1. The van der Waals surface area contributed by atoms with Crippen molar-refractivity contribution in [1.29, 1.82) is 0 Å². The van der Waals surface area contributed by atoms with Crippen LogP contribution in [0.2, 0.25) is 0 Å². The first-order valence-electron chi connectivity index (χ1n) is 5.99. The van der Waals surface area contributed by atoms with Crippen molar-refractivity contribution in [3.63, 3.8) is 0 Å². The van der Waals surface area contributed by atoms with Crippen LogP contribution in [-0.4, -0.2) is 12.6 Å². The Balaban J connectivity index is 2.69. The Morgan fingerprint density at radius 1 is 1.62 bits per heavy atom. The van der Waals surface area contributed by atoms with Crippen LogP contribution in [0.25, 0.3) is 0 Å². The molecule has 16 heavy (non-hydrogen) atoms. The number of rotatable bonds is 4. The second kappa shape index (κ2) is 5.88. The molecule has 1 aliphatic carbocycles. The van der Waals surface area contributed by atoms with Gasteiger partial charge in [-0.15, -0.1) is 0 Å². The van der Waals surface area contributed by atoms with Crippen LogP contribution in [0.4, 0.5) is 0 Å². The number of carbonyl (C=O) groups is 1. The molecule has 0 bridgehead atoms. The average molecular weight is 222 g/mol. The minimum absolute atomic E-state index is 0.01000. The number of hydrogen-bond acceptors (Lipinski definition) is 2. The quantitative estimate of drug-likeness (QED) is 0.536. The van der Waals surface area contributed by atoms with Crippen molar-refractivity contribution in [3.8, 4) is 0 Å². The molecule has 1 aliphatic rings. The largest absolute Gasteiger partial charge is 0.465 e. The molecule has 0 saturated carbocycles. The maximum atomic E-state index is 10.2. The van der Waals surface area contributed by atoms with Gasteiger partial charge >= 0.3 is 0 Å². The molecule has 0 radical (unpaired) electrons. The summed E-state index contributed by atoms with van der Waals surface area (Å²) in [7, 11) is 0. The molecular formula is C14H22O2. The van der Waals surface area contributed by atoms with Gasteiger partial charge < -0.3 is 4.74 Å². The van der Waals surface area contributed by atoms with Gasteiger partial charge in [0.05, 0.1) is 0 Å². The third kappa shape index (κ3) is 3.51. The maximum absolute atomic E-state index is 10.2. The Bertz CT molecular complexity index is 313. The van der Waals surface area contributed by atoms with Gasteiger partial charge in [-0.05, 0) is 39.5 Å². The maximum Gasteiger partial charge on any atom is 0.293 e. The van der Waals surface area contributed by atoms with Gasteiger partial charge in [0, 0.05) is 6.42 Å². The summed E-state index contributed by atoms with van der Waals surface area (Å²) in [6.45, 7) is 9.07. The summed E-state index contributed by atoms with van der Waals surface area (Å²) in [5.74, 6) is 0.539. The highest BCUT2D eigenvalue weighted by Crippen LogP contribution is 2.31. The highest BCUT2D eigenvalue weighted by Gasteiger charge is 2.16. The van der Waals surface area contributed by atoms with E-state index in [-0.39, 0.29) is 6.10 Å². The van der Waals surface area contributed by atoms with Crippen molar-refractivity contribution in [3.05, 3.63) is 22.8 Å². The third-order valence-electron chi connectivity index (χ3n) is 3.30. The molecule has 0 aromatic heterocycles. The lowest BCUT2D eigenvalue weighted by Crippen LogP contribution is -2.11. The standard InChI is InChI=1S/C14H22O2/c1-10-5-6-14(11(2)7-10)12(3)8-13(4)16-9-15/h7,9,11,13H,5-6,8H2,1-4H3/b14-12+. The molecule has 90 valence electrons. The van der Waals surface area contributed by atoms with Gasteiger partial charge in [-0.1, -0.05) is 29.7 Å². The van der Waals surface area contributed by atoms with Crippen LogP contribution in [-0.2, 0) is 9.53 Å². The fraction of sp³-hybridized carbons (Fsp3) is 0.643. The number of ether oxygens (including phenoxy) is 1. The summed E-state index contributed by atoms with van der Waals surface area (Å²) >= 11 is 0. The minimum Gasteiger partial charge on any atom is -0.465 e. The first-order chi connectivity index (χ1) is 7.54. The zero-order chi connectivity index (χ0) is 12.1. The van der Waals surface area contributed by atoms with Crippen molar-refractivity contribution in [2.45, 2.75) is 53.1 Å². The lowest BCUT2D eigenvalue weighted by atomic mass is 9.83. The monoisotopic (exact) mass is 222 g/mol. The van der Waals surface area contributed by atoms with E-state index in [2.05, 4.69) is 26.8 Å². The number of hydrogen-bond donors (Lipinski definition) is 0. The van der Waals surface area contributed by atoms with Crippen LogP contribution >= 0.6 is 0 Å². The van der Waals surface area contributed by atoms with E-state index < -0.39 is 0 Å². The van der Waals surface area contributed by atoms with E-state index in [9.17, 15) is 4.79 Å². The van der Waals surface area contributed by atoms with Crippen molar-refractivity contribution in [2.24, 2.45) is 5.92 Å². The van der Waals surface area contributed by atoms with Crippen LogP contribution < -0.4 is 0 Å². The van der Waals surface area contributed by atoms with Gasteiger partial charge in [-0.25, -0.2) is 0 Å². The fourth-order valence-electron chi connectivity index (χ4n) is 2.48.